The second-order valence-corrected chi connectivity index (χ2v) is 7.33. The summed E-state index contributed by atoms with van der Waals surface area (Å²) in [6, 6.07) is 12.8. The first kappa shape index (κ1) is 23.0. The van der Waals surface area contributed by atoms with Gasteiger partial charge in [0.2, 0.25) is 5.91 Å². The van der Waals surface area contributed by atoms with Gasteiger partial charge < -0.3 is 10.1 Å². The summed E-state index contributed by atoms with van der Waals surface area (Å²) in [5.74, 6) is 0.00743. The van der Waals surface area contributed by atoms with Crippen molar-refractivity contribution in [3.05, 3.63) is 67.0 Å². The summed E-state index contributed by atoms with van der Waals surface area (Å²) < 4.78 is 21.6. The van der Waals surface area contributed by atoms with Gasteiger partial charge in [-0.3, -0.25) is 14.7 Å². The van der Waals surface area contributed by atoms with E-state index in [2.05, 4.69) is 27.4 Å². The summed E-state index contributed by atoms with van der Waals surface area (Å²) in [6.45, 7) is 6.16. The molecule has 0 aliphatic heterocycles. The molecule has 0 radical (unpaired) electrons. The van der Waals surface area contributed by atoms with Crippen LogP contribution in [0.2, 0.25) is 0 Å². The first-order valence-corrected chi connectivity index (χ1v) is 10.8. The van der Waals surface area contributed by atoms with Gasteiger partial charge in [-0.1, -0.05) is 30.0 Å². The molecule has 0 atom stereocenters. The number of amides is 3. The fourth-order valence-corrected chi connectivity index (χ4v) is 3.51. The highest BCUT2D eigenvalue weighted by molar-refractivity contribution is 7.99. The number of ether oxygens (including phenoxy) is 1. The topological polar surface area (TPSA) is 98.1 Å². The van der Waals surface area contributed by atoms with Crippen molar-refractivity contribution in [3.63, 3.8) is 0 Å². The maximum Gasteiger partial charge on any atom is 0.321 e. The smallest absolute Gasteiger partial charge is 0.321 e. The number of nitrogens with zero attached hydrogens (tertiary/aromatic N) is 3. The number of hydrogen-bond donors (Lipinski definition) is 2. The molecule has 8 nitrogen and oxygen atoms in total. The third-order valence-corrected chi connectivity index (χ3v) is 5.07. The molecule has 166 valence electrons. The van der Waals surface area contributed by atoms with Crippen molar-refractivity contribution in [2.75, 3.05) is 18.9 Å². The highest BCUT2D eigenvalue weighted by Crippen LogP contribution is 2.30. The molecule has 1 aromatic heterocycles. The summed E-state index contributed by atoms with van der Waals surface area (Å²) in [5, 5.41) is 13.3. The summed E-state index contributed by atoms with van der Waals surface area (Å²) in [6.07, 6.45) is 1.50. The number of carbonyl (C=O) groups excluding carboxylic acids is 2. The predicted molar refractivity (Wildman–Crippen MR) is 120 cm³/mol. The van der Waals surface area contributed by atoms with Gasteiger partial charge >= 0.3 is 6.03 Å². The molecule has 3 aromatic rings. The van der Waals surface area contributed by atoms with Gasteiger partial charge in [-0.25, -0.2) is 9.18 Å². The summed E-state index contributed by atoms with van der Waals surface area (Å²) in [4.78, 5) is 23.7. The van der Waals surface area contributed by atoms with Crippen LogP contribution in [0.1, 0.15) is 6.92 Å². The average molecular weight is 456 g/mol. The molecule has 0 saturated heterocycles. The number of aromatic nitrogens is 3. The molecule has 0 aliphatic rings. The van der Waals surface area contributed by atoms with Crippen molar-refractivity contribution < 1.29 is 18.7 Å². The van der Waals surface area contributed by atoms with Crippen LogP contribution in [-0.4, -0.2) is 45.6 Å². The first-order chi connectivity index (χ1) is 15.5. The van der Waals surface area contributed by atoms with Crippen molar-refractivity contribution in [2.45, 2.75) is 12.1 Å². The molecule has 1 heterocycles. The van der Waals surface area contributed by atoms with E-state index < -0.39 is 17.8 Å². The number of carbonyl (C=O) groups is 2. The van der Waals surface area contributed by atoms with Crippen LogP contribution in [0.5, 0.6) is 5.75 Å². The molecule has 0 saturated carbocycles. The highest BCUT2D eigenvalue weighted by Gasteiger charge is 2.20. The Bertz CT molecular complexity index is 1100. The molecular formula is C22H22FN5O3S. The molecule has 32 heavy (non-hydrogen) atoms. The van der Waals surface area contributed by atoms with Crippen molar-refractivity contribution in [1.82, 2.24) is 25.4 Å². The van der Waals surface area contributed by atoms with Gasteiger partial charge in [-0.2, -0.15) is 0 Å². The molecule has 2 N–H and O–H groups in total. The molecule has 10 heteroatoms. The summed E-state index contributed by atoms with van der Waals surface area (Å²) in [7, 11) is 0. The lowest BCUT2D eigenvalue weighted by Crippen LogP contribution is -2.40. The van der Waals surface area contributed by atoms with Gasteiger partial charge in [0.1, 0.15) is 11.6 Å². The molecule has 0 spiro atoms. The summed E-state index contributed by atoms with van der Waals surface area (Å²) in [5.41, 5.74) is 0.942. The van der Waals surface area contributed by atoms with Gasteiger partial charge in [0.15, 0.2) is 11.0 Å². The normalized spacial score (nSPS) is 10.4. The van der Waals surface area contributed by atoms with Crippen LogP contribution in [0, 0.1) is 5.82 Å². The fourth-order valence-electron chi connectivity index (χ4n) is 2.77. The minimum atomic E-state index is -0.624. The van der Waals surface area contributed by atoms with Gasteiger partial charge in [-0.05, 0) is 43.3 Å². The Morgan fingerprint density at radius 1 is 1.19 bits per heavy atom. The van der Waals surface area contributed by atoms with Gasteiger partial charge in [0, 0.05) is 12.1 Å². The Balaban J connectivity index is 1.87. The Morgan fingerprint density at radius 2 is 1.94 bits per heavy atom. The maximum atomic E-state index is 14.6. The largest absolute Gasteiger partial charge is 0.494 e. The number of benzene rings is 2. The maximum absolute atomic E-state index is 14.6. The first-order valence-electron chi connectivity index (χ1n) is 9.78. The SMILES string of the molecule is C=CCNC(=O)NC(=O)CSc1nnc(-c2ccc(OCC)cc2)n1-c1ccccc1F. The van der Waals surface area contributed by atoms with Gasteiger partial charge in [0.25, 0.3) is 0 Å². The van der Waals surface area contributed by atoms with Crippen molar-refractivity contribution in [1.29, 1.82) is 0 Å². The predicted octanol–water partition coefficient (Wildman–Crippen LogP) is 3.58. The van der Waals surface area contributed by atoms with Crippen molar-refractivity contribution in [3.8, 4) is 22.8 Å². The number of hydrogen-bond acceptors (Lipinski definition) is 6. The zero-order chi connectivity index (χ0) is 22.9. The van der Waals surface area contributed by atoms with E-state index in [1.807, 2.05) is 6.92 Å². The van der Waals surface area contributed by atoms with E-state index in [1.54, 1.807) is 47.0 Å². The minimum absolute atomic E-state index is 0.114. The number of urea groups is 1. The molecule has 0 bridgehead atoms. The lowest BCUT2D eigenvalue weighted by Gasteiger charge is -2.12. The van der Waals surface area contributed by atoms with E-state index in [1.165, 1.54) is 12.1 Å². The van der Waals surface area contributed by atoms with Crippen molar-refractivity contribution in [2.24, 2.45) is 0 Å². The second kappa shape index (κ2) is 11.1. The quantitative estimate of drug-likeness (QED) is 0.378. The minimum Gasteiger partial charge on any atom is -0.494 e. The molecule has 0 aliphatic carbocycles. The molecular weight excluding hydrogens is 433 g/mol. The number of para-hydroxylation sites is 1. The van der Waals surface area contributed by atoms with Crippen LogP contribution in [0.4, 0.5) is 9.18 Å². The second-order valence-electron chi connectivity index (χ2n) is 6.39. The molecule has 0 fully saturated rings. The van der Waals surface area contributed by atoms with E-state index in [4.69, 9.17) is 4.74 Å². The van der Waals surface area contributed by atoms with E-state index >= 15 is 0 Å². The zero-order valence-corrected chi connectivity index (χ0v) is 18.2. The van der Waals surface area contributed by atoms with Gasteiger partial charge in [-0.15, -0.1) is 16.8 Å². The average Bonchev–Trinajstić information content (AvgIpc) is 3.21. The van der Waals surface area contributed by atoms with E-state index in [-0.39, 0.29) is 18.0 Å². The van der Waals surface area contributed by atoms with Crippen molar-refractivity contribution >= 4 is 23.7 Å². The molecule has 0 unspecified atom stereocenters. The third kappa shape index (κ3) is 5.73. The van der Waals surface area contributed by atoms with E-state index in [9.17, 15) is 14.0 Å². The monoisotopic (exact) mass is 455 g/mol. The Kier molecular flexibility index (Phi) is 7.98. The lowest BCUT2D eigenvalue weighted by atomic mass is 10.2. The number of rotatable bonds is 9. The van der Waals surface area contributed by atoms with E-state index in [0.29, 0.717) is 28.9 Å². The number of halogens is 1. The van der Waals surface area contributed by atoms with Crippen LogP contribution < -0.4 is 15.4 Å². The number of thioether (sulfide) groups is 1. The van der Waals surface area contributed by atoms with Crippen LogP contribution in [-0.2, 0) is 4.79 Å². The number of imide groups is 1. The molecule has 2 aromatic carbocycles. The zero-order valence-electron chi connectivity index (χ0n) is 17.4. The molecule has 3 amide bonds. The van der Waals surface area contributed by atoms with Crippen LogP contribution in [0.25, 0.3) is 17.1 Å². The van der Waals surface area contributed by atoms with E-state index in [0.717, 1.165) is 11.8 Å². The lowest BCUT2D eigenvalue weighted by molar-refractivity contribution is -0.117. The van der Waals surface area contributed by atoms with Gasteiger partial charge in [0.05, 0.1) is 18.0 Å². The fraction of sp³-hybridized carbons (Fsp3) is 0.182. The number of nitrogens with one attached hydrogen (secondary N) is 2. The van der Waals surface area contributed by atoms with Crippen LogP contribution in [0.3, 0.4) is 0 Å². The Labute approximate surface area is 188 Å². The standard InChI is InChI=1S/C22H22FN5O3S/c1-3-13-24-21(30)25-19(29)14-32-22-27-26-20(15-9-11-16(12-10-15)31-4-2)28(22)18-8-6-5-7-17(18)23/h3,5-12H,1,4,13-14H2,2H3,(H2,24,25,29,30). The van der Waals surface area contributed by atoms with Crippen LogP contribution in [0.15, 0.2) is 66.3 Å². The Morgan fingerprint density at radius 3 is 2.62 bits per heavy atom. The highest BCUT2D eigenvalue weighted by atomic mass is 32.2. The molecule has 3 rings (SSSR count). The summed E-state index contributed by atoms with van der Waals surface area (Å²) >= 11 is 1.04. The Hall–Kier alpha value is -3.66. The third-order valence-electron chi connectivity index (χ3n) is 4.14. The van der Waals surface area contributed by atoms with Crippen LogP contribution >= 0.6 is 11.8 Å².